The molecule has 1 heterocycles. The molecular weight excluding hydrogens is 394 g/mol. The fraction of sp³-hybridized carbons (Fsp3) is 0.0833. The molecule has 3 aromatic carbocycles. The topological polar surface area (TPSA) is 93.8 Å². The zero-order chi connectivity index (χ0) is 21.8. The van der Waals surface area contributed by atoms with Gasteiger partial charge in [0.15, 0.2) is 11.9 Å². The Bertz CT molecular complexity index is 1330. The Kier molecular flexibility index (Phi) is 5.57. The van der Waals surface area contributed by atoms with Crippen LogP contribution in [0, 0.1) is 0 Å². The zero-order valence-electron chi connectivity index (χ0n) is 16.7. The van der Waals surface area contributed by atoms with Crippen LogP contribution in [-0.2, 0) is 4.79 Å². The van der Waals surface area contributed by atoms with Gasteiger partial charge >= 0.3 is 5.97 Å². The number of carboxylic acids is 1. The van der Waals surface area contributed by atoms with Crippen molar-refractivity contribution in [3.05, 3.63) is 94.8 Å². The Morgan fingerprint density at radius 1 is 1.03 bits per heavy atom. The summed E-state index contributed by atoms with van der Waals surface area (Å²) in [4.78, 5) is 29.0. The number of hydrogen-bond donors (Lipinski definition) is 1. The molecule has 0 aliphatic carbocycles. The van der Waals surface area contributed by atoms with Crippen molar-refractivity contribution in [1.82, 2.24) is 9.66 Å². The lowest BCUT2D eigenvalue weighted by Gasteiger charge is -2.13. The van der Waals surface area contributed by atoms with Gasteiger partial charge in [0.05, 0.1) is 17.1 Å². The number of aliphatic carboxylic acids is 1. The standard InChI is InChI=1S/C24H19N3O4/c1-16(24(29)30)31-21-14-8-5-11-18(21)15-25-27-22(17-9-3-2-4-10-17)26-20-13-7-6-12-19(20)23(27)28/h2-16H,1H3,(H,29,30)/t16-/m1/s1. The predicted octanol–water partition coefficient (Wildman–Crippen LogP) is 3.80. The van der Waals surface area contributed by atoms with E-state index in [2.05, 4.69) is 10.1 Å². The van der Waals surface area contributed by atoms with Gasteiger partial charge in [-0.1, -0.05) is 54.6 Å². The molecule has 31 heavy (non-hydrogen) atoms. The molecule has 0 spiro atoms. The first kappa shape index (κ1) is 20.0. The number of benzene rings is 3. The van der Waals surface area contributed by atoms with Crippen LogP contribution in [0.4, 0.5) is 0 Å². The molecule has 0 saturated heterocycles. The van der Waals surface area contributed by atoms with Crippen molar-refractivity contribution in [1.29, 1.82) is 0 Å². The summed E-state index contributed by atoms with van der Waals surface area (Å²) in [6.07, 6.45) is 0.438. The number of aromatic nitrogens is 2. The van der Waals surface area contributed by atoms with Crippen LogP contribution in [0.15, 0.2) is 88.8 Å². The first-order chi connectivity index (χ1) is 15.0. The predicted molar refractivity (Wildman–Crippen MR) is 119 cm³/mol. The van der Waals surface area contributed by atoms with Gasteiger partial charge in [-0.3, -0.25) is 4.79 Å². The number of nitrogens with zero attached hydrogens (tertiary/aromatic N) is 3. The Balaban J connectivity index is 1.84. The molecule has 154 valence electrons. The fourth-order valence-electron chi connectivity index (χ4n) is 3.06. The molecule has 4 rings (SSSR count). The van der Waals surface area contributed by atoms with E-state index in [4.69, 9.17) is 9.84 Å². The normalized spacial score (nSPS) is 12.2. The van der Waals surface area contributed by atoms with E-state index in [1.54, 1.807) is 42.5 Å². The van der Waals surface area contributed by atoms with Gasteiger partial charge < -0.3 is 9.84 Å². The molecule has 0 saturated carbocycles. The van der Waals surface area contributed by atoms with Crippen LogP contribution in [0.3, 0.4) is 0 Å². The molecule has 0 radical (unpaired) electrons. The van der Waals surface area contributed by atoms with Crippen LogP contribution in [0.25, 0.3) is 22.3 Å². The minimum Gasteiger partial charge on any atom is -0.479 e. The lowest BCUT2D eigenvalue weighted by molar-refractivity contribution is -0.144. The molecule has 1 N–H and O–H groups in total. The van der Waals surface area contributed by atoms with Crippen molar-refractivity contribution in [2.24, 2.45) is 5.10 Å². The van der Waals surface area contributed by atoms with Gasteiger partial charge in [-0.05, 0) is 31.2 Å². The number of para-hydroxylation sites is 2. The lowest BCUT2D eigenvalue weighted by atomic mass is 10.2. The number of carbonyl (C=O) groups is 1. The van der Waals surface area contributed by atoms with Crippen molar-refractivity contribution < 1.29 is 14.6 Å². The van der Waals surface area contributed by atoms with Gasteiger partial charge in [-0.25, -0.2) is 9.78 Å². The Hall–Kier alpha value is -4.26. The van der Waals surface area contributed by atoms with Crippen LogP contribution < -0.4 is 10.3 Å². The third-order valence-corrected chi connectivity index (χ3v) is 4.67. The third kappa shape index (κ3) is 4.20. The van der Waals surface area contributed by atoms with Gasteiger partial charge in [0.2, 0.25) is 0 Å². The SMILES string of the molecule is C[C@@H](Oc1ccccc1C=Nn1c(-c2ccccc2)nc2ccccc2c1=O)C(=O)O. The summed E-state index contributed by atoms with van der Waals surface area (Å²) in [6.45, 7) is 1.45. The number of hydrogen-bond acceptors (Lipinski definition) is 5. The van der Waals surface area contributed by atoms with Gasteiger partial charge in [0.25, 0.3) is 5.56 Å². The van der Waals surface area contributed by atoms with E-state index in [0.717, 1.165) is 5.56 Å². The van der Waals surface area contributed by atoms with E-state index < -0.39 is 12.1 Å². The number of rotatable bonds is 6. The maximum Gasteiger partial charge on any atom is 0.344 e. The second kappa shape index (κ2) is 8.62. The Morgan fingerprint density at radius 2 is 1.71 bits per heavy atom. The molecule has 4 aromatic rings. The second-order valence-electron chi connectivity index (χ2n) is 6.82. The minimum absolute atomic E-state index is 0.307. The first-order valence-electron chi connectivity index (χ1n) is 9.64. The fourth-order valence-corrected chi connectivity index (χ4v) is 3.06. The molecule has 0 aliphatic rings. The third-order valence-electron chi connectivity index (χ3n) is 4.67. The second-order valence-corrected chi connectivity index (χ2v) is 6.82. The molecule has 0 fully saturated rings. The lowest BCUT2D eigenvalue weighted by Crippen LogP contribution is -2.23. The van der Waals surface area contributed by atoms with Crippen LogP contribution in [0.5, 0.6) is 5.75 Å². The molecule has 1 atom stereocenters. The van der Waals surface area contributed by atoms with Crippen LogP contribution in [0.2, 0.25) is 0 Å². The van der Waals surface area contributed by atoms with Gasteiger partial charge in [0, 0.05) is 11.1 Å². The molecule has 7 heteroatoms. The van der Waals surface area contributed by atoms with E-state index in [0.29, 0.717) is 28.0 Å². The van der Waals surface area contributed by atoms with Crippen LogP contribution >= 0.6 is 0 Å². The summed E-state index contributed by atoms with van der Waals surface area (Å²) in [6, 6.07) is 23.3. The van der Waals surface area contributed by atoms with E-state index in [-0.39, 0.29) is 5.56 Å². The summed E-state index contributed by atoms with van der Waals surface area (Å²) in [5.74, 6) is -0.324. The van der Waals surface area contributed by atoms with E-state index in [9.17, 15) is 9.59 Å². The van der Waals surface area contributed by atoms with E-state index >= 15 is 0 Å². The summed E-state index contributed by atoms with van der Waals surface area (Å²) >= 11 is 0. The Labute approximate surface area is 177 Å². The summed E-state index contributed by atoms with van der Waals surface area (Å²) < 4.78 is 6.76. The zero-order valence-corrected chi connectivity index (χ0v) is 16.7. The van der Waals surface area contributed by atoms with Gasteiger partial charge in [-0.2, -0.15) is 9.78 Å². The van der Waals surface area contributed by atoms with Crippen LogP contribution in [0.1, 0.15) is 12.5 Å². The monoisotopic (exact) mass is 413 g/mol. The summed E-state index contributed by atoms with van der Waals surface area (Å²) in [5.41, 5.74) is 1.55. The summed E-state index contributed by atoms with van der Waals surface area (Å²) in [7, 11) is 0. The summed E-state index contributed by atoms with van der Waals surface area (Å²) in [5, 5.41) is 14.0. The number of fused-ring (bicyclic) bond motifs is 1. The van der Waals surface area contributed by atoms with E-state index in [1.807, 2.05) is 36.4 Å². The quantitative estimate of drug-likeness (QED) is 0.485. The molecule has 0 unspecified atom stereocenters. The molecule has 0 aliphatic heterocycles. The highest BCUT2D eigenvalue weighted by molar-refractivity contribution is 5.85. The molecule has 1 aromatic heterocycles. The van der Waals surface area contributed by atoms with Gasteiger partial charge in [0.1, 0.15) is 5.75 Å². The maximum atomic E-state index is 13.2. The Morgan fingerprint density at radius 3 is 2.48 bits per heavy atom. The highest BCUT2D eigenvalue weighted by Crippen LogP contribution is 2.20. The number of ether oxygens (including phenoxy) is 1. The van der Waals surface area contributed by atoms with Crippen molar-refractivity contribution >= 4 is 23.1 Å². The molecule has 0 bridgehead atoms. The average Bonchev–Trinajstić information content (AvgIpc) is 2.79. The largest absolute Gasteiger partial charge is 0.479 e. The highest BCUT2D eigenvalue weighted by Gasteiger charge is 2.15. The van der Waals surface area contributed by atoms with Crippen molar-refractivity contribution in [3.63, 3.8) is 0 Å². The van der Waals surface area contributed by atoms with Crippen LogP contribution in [-0.4, -0.2) is 33.1 Å². The average molecular weight is 413 g/mol. The molecule has 7 nitrogen and oxygen atoms in total. The minimum atomic E-state index is -1.08. The van der Waals surface area contributed by atoms with Crippen molar-refractivity contribution in [2.45, 2.75) is 13.0 Å². The van der Waals surface area contributed by atoms with Gasteiger partial charge in [-0.15, -0.1) is 0 Å². The number of carboxylic acid groups (broad SMARTS) is 1. The van der Waals surface area contributed by atoms with E-state index in [1.165, 1.54) is 17.8 Å². The smallest absolute Gasteiger partial charge is 0.344 e. The first-order valence-corrected chi connectivity index (χ1v) is 9.64. The van der Waals surface area contributed by atoms with Crippen molar-refractivity contribution in [2.75, 3.05) is 0 Å². The van der Waals surface area contributed by atoms with Crippen molar-refractivity contribution in [3.8, 4) is 17.1 Å². The maximum absolute atomic E-state index is 13.2. The highest BCUT2D eigenvalue weighted by atomic mass is 16.5. The molecule has 0 amide bonds. The molecular formula is C24H19N3O4.